The molecule has 6 nitrogen and oxygen atoms in total. The number of benzene rings is 1. The maximum Gasteiger partial charge on any atom is 0.238 e. The van der Waals surface area contributed by atoms with Crippen LogP contribution in [0.15, 0.2) is 30.6 Å². The Morgan fingerprint density at radius 3 is 2.75 bits per heavy atom. The van der Waals surface area contributed by atoms with Crippen LogP contribution in [0.2, 0.25) is 0 Å². The summed E-state index contributed by atoms with van der Waals surface area (Å²) in [6, 6.07) is 5.95. The molecule has 0 radical (unpaired) electrons. The fourth-order valence-corrected chi connectivity index (χ4v) is 4.48. The summed E-state index contributed by atoms with van der Waals surface area (Å²) < 4.78 is 13.2. The first-order valence-electron chi connectivity index (χ1n) is 9.24. The Hall–Kier alpha value is -2.58. The van der Waals surface area contributed by atoms with Crippen molar-refractivity contribution in [3.05, 3.63) is 46.9 Å². The van der Waals surface area contributed by atoms with Crippen LogP contribution in [0.4, 0.5) is 15.9 Å². The van der Waals surface area contributed by atoms with Crippen molar-refractivity contribution in [3.63, 3.8) is 0 Å². The summed E-state index contributed by atoms with van der Waals surface area (Å²) in [6.45, 7) is 7.66. The number of aromatic nitrogens is 2. The van der Waals surface area contributed by atoms with Crippen molar-refractivity contribution in [1.29, 1.82) is 0 Å². The summed E-state index contributed by atoms with van der Waals surface area (Å²) in [5, 5.41) is 3.89. The van der Waals surface area contributed by atoms with Crippen molar-refractivity contribution in [2.75, 3.05) is 42.9 Å². The van der Waals surface area contributed by atoms with Crippen molar-refractivity contribution in [3.8, 4) is 0 Å². The molecule has 1 aliphatic rings. The highest BCUT2D eigenvalue weighted by molar-refractivity contribution is 7.18. The van der Waals surface area contributed by atoms with Gasteiger partial charge in [0.2, 0.25) is 5.91 Å². The first kappa shape index (κ1) is 18.8. The Bertz CT molecular complexity index is 1010. The number of fused-ring (bicyclic) bond motifs is 1. The number of nitrogens with one attached hydrogen (secondary N) is 1. The van der Waals surface area contributed by atoms with Gasteiger partial charge in [0.25, 0.3) is 0 Å². The van der Waals surface area contributed by atoms with Gasteiger partial charge in [-0.25, -0.2) is 14.4 Å². The number of carbonyl (C=O) groups is 1. The molecule has 1 saturated heterocycles. The molecule has 1 N–H and O–H groups in total. The van der Waals surface area contributed by atoms with E-state index >= 15 is 0 Å². The van der Waals surface area contributed by atoms with Gasteiger partial charge in [-0.2, -0.15) is 0 Å². The van der Waals surface area contributed by atoms with Crippen molar-refractivity contribution in [1.82, 2.24) is 14.9 Å². The van der Waals surface area contributed by atoms with E-state index in [1.54, 1.807) is 29.8 Å². The Morgan fingerprint density at radius 1 is 1.21 bits per heavy atom. The van der Waals surface area contributed by atoms with Crippen molar-refractivity contribution < 1.29 is 9.18 Å². The van der Waals surface area contributed by atoms with Crippen molar-refractivity contribution in [2.45, 2.75) is 13.8 Å². The summed E-state index contributed by atoms with van der Waals surface area (Å²) in [4.78, 5) is 27.9. The number of thiophene rings is 1. The molecular weight excluding hydrogens is 377 g/mol. The molecule has 3 aromatic rings. The number of hydrogen-bond donors (Lipinski definition) is 1. The van der Waals surface area contributed by atoms with Crippen LogP contribution in [0, 0.1) is 19.7 Å². The zero-order valence-electron chi connectivity index (χ0n) is 15.9. The lowest BCUT2D eigenvalue weighted by Crippen LogP contribution is -2.49. The summed E-state index contributed by atoms with van der Waals surface area (Å²) >= 11 is 1.70. The topological polar surface area (TPSA) is 61.4 Å². The van der Waals surface area contributed by atoms with Gasteiger partial charge in [0.05, 0.1) is 11.9 Å². The minimum atomic E-state index is -0.360. The number of rotatable bonds is 4. The molecule has 0 unspecified atom stereocenters. The van der Waals surface area contributed by atoms with E-state index in [9.17, 15) is 9.18 Å². The summed E-state index contributed by atoms with van der Waals surface area (Å²) in [7, 11) is 0. The Kier molecular flexibility index (Phi) is 5.23. The number of piperazine rings is 1. The lowest BCUT2D eigenvalue weighted by molar-refractivity contribution is -0.117. The first-order valence-corrected chi connectivity index (χ1v) is 10.1. The fraction of sp³-hybridized carbons (Fsp3) is 0.350. The number of halogens is 1. The molecule has 0 aliphatic carbocycles. The second-order valence-electron chi connectivity index (χ2n) is 6.98. The maximum absolute atomic E-state index is 13.2. The van der Waals surface area contributed by atoms with Crippen LogP contribution >= 0.6 is 11.3 Å². The molecule has 3 heterocycles. The van der Waals surface area contributed by atoms with Gasteiger partial charge < -0.3 is 10.2 Å². The van der Waals surface area contributed by atoms with Crippen LogP contribution in [-0.4, -0.2) is 53.5 Å². The number of anilines is 2. The molecule has 1 aromatic carbocycles. The van der Waals surface area contributed by atoms with Crippen LogP contribution in [0.5, 0.6) is 0 Å². The van der Waals surface area contributed by atoms with E-state index < -0.39 is 0 Å². The minimum absolute atomic E-state index is 0.132. The molecule has 0 spiro atoms. The minimum Gasteiger partial charge on any atom is -0.353 e. The second kappa shape index (κ2) is 7.81. The molecule has 4 rings (SSSR count). The summed E-state index contributed by atoms with van der Waals surface area (Å²) in [6.07, 6.45) is 1.63. The fourth-order valence-electron chi connectivity index (χ4n) is 3.49. The molecule has 146 valence electrons. The molecular formula is C20H22FN5OS. The molecule has 0 atom stereocenters. The van der Waals surface area contributed by atoms with Gasteiger partial charge in [0.1, 0.15) is 22.8 Å². The third kappa shape index (κ3) is 3.83. The van der Waals surface area contributed by atoms with Crippen LogP contribution in [0.25, 0.3) is 10.2 Å². The number of amides is 1. The monoisotopic (exact) mass is 399 g/mol. The van der Waals surface area contributed by atoms with Crippen molar-refractivity contribution in [2.24, 2.45) is 0 Å². The smallest absolute Gasteiger partial charge is 0.238 e. The van der Waals surface area contributed by atoms with Gasteiger partial charge in [0.15, 0.2) is 0 Å². The predicted molar refractivity (Wildman–Crippen MR) is 111 cm³/mol. The second-order valence-corrected chi connectivity index (χ2v) is 8.19. The zero-order valence-corrected chi connectivity index (χ0v) is 16.7. The largest absolute Gasteiger partial charge is 0.353 e. The van der Waals surface area contributed by atoms with E-state index in [2.05, 4.69) is 38.9 Å². The normalized spacial score (nSPS) is 15.2. The zero-order chi connectivity index (χ0) is 19.7. The van der Waals surface area contributed by atoms with Gasteiger partial charge >= 0.3 is 0 Å². The number of aryl methyl sites for hydroxylation is 2. The SMILES string of the molecule is Cc1sc2ncnc(N3CCN(CC(=O)Nc4cccc(F)c4)CC3)c2c1C. The Labute approximate surface area is 167 Å². The predicted octanol–water partition coefficient (Wildman–Crippen LogP) is 3.21. The van der Waals surface area contributed by atoms with Crippen LogP contribution in [0.3, 0.4) is 0 Å². The molecule has 1 fully saturated rings. The van der Waals surface area contributed by atoms with Crippen LogP contribution in [0.1, 0.15) is 10.4 Å². The Morgan fingerprint density at radius 2 is 2.00 bits per heavy atom. The lowest BCUT2D eigenvalue weighted by atomic mass is 10.2. The molecule has 2 aromatic heterocycles. The van der Waals surface area contributed by atoms with Gasteiger partial charge in [-0.05, 0) is 37.6 Å². The number of nitrogens with zero attached hydrogens (tertiary/aromatic N) is 4. The lowest BCUT2D eigenvalue weighted by Gasteiger charge is -2.35. The van der Waals surface area contributed by atoms with E-state index in [-0.39, 0.29) is 11.7 Å². The maximum atomic E-state index is 13.2. The average Bonchev–Trinajstić information content (AvgIpc) is 2.96. The molecule has 28 heavy (non-hydrogen) atoms. The standard InChI is InChI=1S/C20H22FN5OS/c1-13-14(2)28-20-18(13)19(22-12-23-20)26-8-6-25(7-9-26)11-17(27)24-16-5-3-4-15(21)10-16/h3-5,10,12H,6-9,11H2,1-2H3,(H,24,27). The molecule has 8 heteroatoms. The molecule has 1 amide bonds. The van der Waals surface area contributed by atoms with E-state index in [1.165, 1.54) is 22.6 Å². The first-order chi connectivity index (χ1) is 13.5. The quantitative estimate of drug-likeness (QED) is 0.730. The van der Waals surface area contributed by atoms with Crippen LogP contribution < -0.4 is 10.2 Å². The average molecular weight is 399 g/mol. The van der Waals surface area contributed by atoms with E-state index in [0.29, 0.717) is 12.2 Å². The van der Waals surface area contributed by atoms with Crippen molar-refractivity contribution >= 4 is 39.0 Å². The number of carbonyl (C=O) groups excluding carboxylic acids is 1. The third-order valence-electron chi connectivity index (χ3n) is 5.09. The molecule has 1 aliphatic heterocycles. The molecule has 0 bridgehead atoms. The number of hydrogen-bond acceptors (Lipinski definition) is 6. The highest BCUT2D eigenvalue weighted by Crippen LogP contribution is 2.34. The molecule has 0 saturated carbocycles. The van der Waals surface area contributed by atoms with E-state index in [1.807, 2.05) is 0 Å². The Balaban J connectivity index is 1.38. The van der Waals surface area contributed by atoms with Gasteiger partial charge in [-0.3, -0.25) is 9.69 Å². The third-order valence-corrected chi connectivity index (χ3v) is 6.21. The van der Waals surface area contributed by atoms with E-state index in [0.717, 1.165) is 42.2 Å². The van der Waals surface area contributed by atoms with E-state index in [4.69, 9.17) is 0 Å². The summed E-state index contributed by atoms with van der Waals surface area (Å²) in [5.74, 6) is 0.491. The van der Waals surface area contributed by atoms with Gasteiger partial charge in [-0.1, -0.05) is 6.07 Å². The van der Waals surface area contributed by atoms with Crippen LogP contribution in [-0.2, 0) is 4.79 Å². The highest BCUT2D eigenvalue weighted by atomic mass is 32.1. The van der Waals surface area contributed by atoms with Gasteiger partial charge in [0, 0.05) is 36.7 Å². The summed E-state index contributed by atoms with van der Waals surface area (Å²) in [5.41, 5.74) is 1.72. The van der Waals surface area contributed by atoms with Gasteiger partial charge in [-0.15, -0.1) is 11.3 Å². The highest BCUT2D eigenvalue weighted by Gasteiger charge is 2.23.